The molecule has 1 amide bonds. The normalized spacial score (nSPS) is 27.6. The van der Waals surface area contributed by atoms with Crippen molar-refractivity contribution in [2.75, 3.05) is 26.2 Å². The van der Waals surface area contributed by atoms with Gasteiger partial charge in [-0.2, -0.15) is 0 Å². The zero-order valence-electron chi connectivity index (χ0n) is 19.3. The number of carbonyl (C=O) groups excluding carboxylic acids is 1. The first kappa shape index (κ1) is 21.3. The Bertz CT molecular complexity index is 998. The molecule has 32 heavy (non-hydrogen) atoms. The maximum Gasteiger partial charge on any atom is 0.407 e. The molecule has 3 saturated heterocycles. The zero-order valence-corrected chi connectivity index (χ0v) is 19.3. The summed E-state index contributed by atoms with van der Waals surface area (Å²) in [6, 6.07) is 10.4. The Morgan fingerprint density at radius 3 is 2.69 bits per heavy atom. The van der Waals surface area contributed by atoms with Crippen LogP contribution >= 0.6 is 0 Å². The SMILES string of the molecule is CCOc1cc(-c2ccc3c(c2)CC(C)(C)C3NC(=O)O[C@@H]2CN3CCC2CC3)ccn1. The fraction of sp³-hybridized carbons (Fsp3) is 0.538. The van der Waals surface area contributed by atoms with Crippen molar-refractivity contribution in [2.45, 2.75) is 52.2 Å². The molecule has 2 bridgehead atoms. The number of piperidine rings is 3. The molecule has 1 aromatic heterocycles. The lowest BCUT2D eigenvalue weighted by Crippen LogP contribution is -2.53. The molecule has 3 fully saturated rings. The van der Waals surface area contributed by atoms with E-state index in [0.29, 0.717) is 18.4 Å². The maximum absolute atomic E-state index is 12.9. The van der Waals surface area contributed by atoms with Crippen LogP contribution in [-0.4, -0.2) is 48.3 Å². The number of aromatic nitrogens is 1. The number of hydrogen-bond donors (Lipinski definition) is 1. The molecule has 0 saturated carbocycles. The highest BCUT2D eigenvalue weighted by molar-refractivity contribution is 5.70. The second-order valence-electron chi connectivity index (χ2n) is 10.1. The highest BCUT2D eigenvalue weighted by Crippen LogP contribution is 2.46. The molecule has 6 heteroatoms. The maximum atomic E-state index is 12.9. The first-order valence-electron chi connectivity index (χ1n) is 11.8. The van der Waals surface area contributed by atoms with E-state index in [9.17, 15) is 4.79 Å². The van der Waals surface area contributed by atoms with Crippen molar-refractivity contribution in [3.05, 3.63) is 47.7 Å². The van der Waals surface area contributed by atoms with E-state index in [2.05, 4.69) is 47.2 Å². The minimum Gasteiger partial charge on any atom is -0.478 e. The van der Waals surface area contributed by atoms with Gasteiger partial charge in [-0.1, -0.05) is 32.0 Å². The van der Waals surface area contributed by atoms with Crippen LogP contribution in [0.2, 0.25) is 0 Å². The lowest BCUT2D eigenvalue weighted by Gasteiger charge is -2.44. The minimum atomic E-state index is -0.283. The lowest BCUT2D eigenvalue weighted by atomic mass is 9.85. The number of nitrogens with zero attached hydrogens (tertiary/aromatic N) is 2. The molecule has 1 unspecified atom stereocenters. The van der Waals surface area contributed by atoms with E-state index in [0.717, 1.165) is 50.0 Å². The smallest absolute Gasteiger partial charge is 0.407 e. The summed E-state index contributed by atoms with van der Waals surface area (Å²) in [6.45, 7) is 10.1. The van der Waals surface area contributed by atoms with Gasteiger partial charge >= 0.3 is 6.09 Å². The van der Waals surface area contributed by atoms with Gasteiger partial charge in [-0.05, 0) is 78.9 Å². The van der Waals surface area contributed by atoms with Crippen molar-refractivity contribution < 1.29 is 14.3 Å². The van der Waals surface area contributed by atoms with Crippen LogP contribution in [0.1, 0.15) is 50.8 Å². The third-order valence-corrected chi connectivity index (χ3v) is 7.36. The highest BCUT2D eigenvalue weighted by Gasteiger charge is 2.42. The van der Waals surface area contributed by atoms with E-state index >= 15 is 0 Å². The molecule has 4 heterocycles. The number of carbonyl (C=O) groups is 1. The number of rotatable bonds is 5. The first-order valence-corrected chi connectivity index (χ1v) is 11.8. The number of fused-ring (bicyclic) bond motifs is 4. The van der Waals surface area contributed by atoms with Crippen LogP contribution in [0.25, 0.3) is 11.1 Å². The van der Waals surface area contributed by atoms with Gasteiger partial charge in [0, 0.05) is 18.8 Å². The molecular formula is C26H33N3O3. The van der Waals surface area contributed by atoms with Gasteiger partial charge in [0.25, 0.3) is 0 Å². The average Bonchev–Trinajstić information content (AvgIpc) is 3.03. The van der Waals surface area contributed by atoms with Crippen LogP contribution in [0.4, 0.5) is 4.79 Å². The van der Waals surface area contributed by atoms with Gasteiger partial charge in [0.15, 0.2) is 0 Å². The highest BCUT2D eigenvalue weighted by atomic mass is 16.6. The molecule has 1 aliphatic carbocycles. The molecule has 3 aliphatic heterocycles. The van der Waals surface area contributed by atoms with Crippen molar-refractivity contribution in [2.24, 2.45) is 11.3 Å². The minimum absolute atomic E-state index is 0.0232. The summed E-state index contributed by atoms with van der Waals surface area (Å²) < 4.78 is 11.5. The first-order chi connectivity index (χ1) is 15.4. The molecule has 1 aromatic carbocycles. The third kappa shape index (κ3) is 4.08. The van der Waals surface area contributed by atoms with Gasteiger partial charge in [0.1, 0.15) is 6.10 Å². The molecule has 2 aromatic rings. The summed E-state index contributed by atoms with van der Waals surface area (Å²) in [5, 5.41) is 3.21. The molecule has 0 spiro atoms. The van der Waals surface area contributed by atoms with E-state index < -0.39 is 0 Å². The van der Waals surface area contributed by atoms with Crippen molar-refractivity contribution in [1.82, 2.24) is 15.2 Å². The van der Waals surface area contributed by atoms with Crippen LogP contribution in [0.5, 0.6) is 5.88 Å². The van der Waals surface area contributed by atoms with E-state index in [4.69, 9.17) is 9.47 Å². The van der Waals surface area contributed by atoms with E-state index in [-0.39, 0.29) is 23.7 Å². The molecule has 0 radical (unpaired) electrons. The van der Waals surface area contributed by atoms with E-state index in [1.54, 1.807) is 6.20 Å². The second kappa shape index (κ2) is 8.39. The number of alkyl carbamates (subject to hydrolysis) is 1. The van der Waals surface area contributed by atoms with E-state index in [1.165, 1.54) is 11.1 Å². The average molecular weight is 436 g/mol. The van der Waals surface area contributed by atoms with E-state index in [1.807, 2.05) is 19.1 Å². The summed E-state index contributed by atoms with van der Waals surface area (Å²) in [5.74, 6) is 1.15. The largest absolute Gasteiger partial charge is 0.478 e. The van der Waals surface area contributed by atoms with Crippen LogP contribution in [0.3, 0.4) is 0 Å². The van der Waals surface area contributed by atoms with Gasteiger partial charge in [0.05, 0.1) is 12.6 Å². The standard InChI is InChI=1S/C26H33N3O3/c1-4-31-23-14-19(7-10-27-23)18-5-6-21-20(13-18)15-26(2,3)24(21)28-25(30)32-22-16-29-11-8-17(22)9-12-29/h5-7,10,13-14,17,22,24H,4,8-9,11-12,15-16H2,1-3H3,(H,28,30)/t22-,24?/m1/s1. The molecule has 6 rings (SSSR count). The van der Waals surface area contributed by atoms with Crippen molar-refractivity contribution in [3.8, 4) is 17.0 Å². The Morgan fingerprint density at radius 2 is 1.97 bits per heavy atom. The number of benzene rings is 1. The molecule has 4 aliphatic rings. The number of amides is 1. The Morgan fingerprint density at radius 1 is 1.19 bits per heavy atom. The Balaban J connectivity index is 1.32. The summed E-state index contributed by atoms with van der Waals surface area (Å²) in [4.78, 5) is 19.5. The van der Waals surface area contributed by atoms with Crippen LogP contribution in [-0.2, 0) is 11.2 Å². The van der Waals surface area contributed by atoms with Gasteiger partial charge in [-0.3, -0.25) is 4.90 Å². The lowest BCUT2D eigenvalue weighted by molar-refractivity contribution is -0.0348. The number of nitrogens with one attached hydrogen (secondary N) is 1. The monoisotopic (exact) mass is 435 g/mol. The summed E-state index contributed by atoms with van der Waals surface area (Å²) in [5.41, 5.74) is 4.60. The fourth-order valence-corrected chi connectivity index (χ4v) is 5.66. The summed E-state index contributed by atoms with van der Waals surface area (Å²) >= 11 is 0. The van der Waals surface area contributed by atoms with Crippen LogP contribution in [0, 0.1) is 11.3 Å². The van der Waals surface area contributed by atoms with Crippen molar-refractivity contribution >= 4 is 6.09 Å². The van der Waals surface area contributed by atoms with Gasteiger partial charge in [-0.25, -0.2) is 9.78 Å². The molecule has 2 atom stereocenters. The second-order valence-corrected chi connectivity index (χ2v) is 10.1. The third-order valence-electron chi connectivity index (χ3n) is 7.36. The number of ether oxygens (including phenoxy) is 2. The zero-order chi connectivity index (χ0) is 22.3. The molecule has 6 nitrogen and oxygen atoms in total. The molecule has 170 valence electrons. The van der Waals surface area contributed by atoms with Crippen LogP contribution < -0.4 is 10.1 Å². The quantitative estimate of drug-likeness (QED) is 0.744. The number of hydrogen-bond acceptors (Lipinski definition) is 5. The predicted molar refractivity (Wildman–Crippen MR) is 124 cm³/mol. The number of pyridine rings is 1. The Hall–Kier alpha value is -2.60. The van der Waals surface area contributed by atoms with Crippen LogP contribution in [0.15, 0.2) is 36.5 Å². The van der Waals surface area contributed by atoms with Crippen molar-refractivity contribution in [1.29, 1.82) is 0 Å². The summed E-state index contributed by atoms with van der Waals surface area (Å²) in [6.07, 6.45) is 4.71. The Labute approximate surface area is 190 Å². The summed E-state index contributed by atoms with van der Waals surface area (Å²) in [7, 11) is 0. The predicted octanol–water partition coefficient (Wildman–Crippen LogP) is 4.59. The topological polar surface area (TPSA) is 63.7 Å². The van der Waals surface area contributed by atoms with Gasteiger partial charge in [0.2, 0.25) is 5.88 Å². The molecular weight excluding hydrogens is 402 g/mol. The Kier molecular flexibility index (Phi) is 5.58. The van der Waals surface area contributed by atoms with Gasteiger partial charge < -0.3 is 14.8 Å². The van der Waals surface area contributed by atoms with Gasteiger partial charge in [-0.15, -0.1) is 0 Å². The fourth-order valence-electron chi connectivity index (χ4n) is 5.66. The van der Waals surface area contributed by atoms with Crippen molar-refractivity contribution in [3.63, 3.8) is 0 Å². The molecule has 1 N–H and O–H groups in total.